The summed E-state index contributed by atoms with van der Waals surface area (Å²) in [4.78, 5) is 24.6. The number of amides is 1. The van der Waals surface area contributed by atoms with Gasteiger partial charge >= 0.3 is 5.97 Å². The van der Waals surface area contributed by atoms with Crippen molar-refractivity contribution in [3.05, 3.63) is 0 Å². The van der Waals surface area contributed by atoms with Crippen molar-refractivity contribution in [1.29, 1.82) is 0 Å². The van der Waals surface area contributed by atoms with Gasteiger partial charge in [0.05, 0.1) is 18.2 Å². The fraction of sp³-hybridized carbons (Fsp3) is 0.867. The Morgan fingerprint density at radius 2 is 2.10 bits per heavy atom. The molecule has 2 unspecified atom stereocenters. The molecule has 1 saturated carbocycles. The van der Waals surface area contributed by atoms with Gasteiger partial charge in [-0.15, -0.1) is 0 Å². The monoisotopic (exact) mass is 296 g/mol. The molecule has 2 saturated heterocycles. The average Bonchev–Trinajstić information content (AvgIpc) is 2.82. The van der Waals surface area contributed by atoms with Crippen molar-refractivity contribution >= 4 is 11.9 Å². The van der Waals surface area contributed by atoms with Crippen LogP contribution >= 0.6 is 0 Å². The highest BCUT2D eigenvalue weighted by atomic mass is 16.5. The van der Waals surface area contributed by atoms with Crippen LogP contribution in [0.2, 0.25) is 0 Å². The lowest BCUT2D eigenvalue weighted by atomic mass is 9.83. The van der Waals surface area contributed by atoms with Crippen LogP contribution in [0.3, 0.4) is 0 Å². The van der Waals surface area contributed by atoms with Gasteiger partial charge in [-0.25, -0.2) is 0 Å². The number of carboxylic acid groups (broad SMARTS) is 1. The molecule has 1 spiro atoms. The molecule has 2 aliphatic heterocycles. The molecule has 0 bridgehead atoms. The first kappa shape index (κ1) is 14.8. The molecule has 3 fully saturated rings. The molecule has 0 aromatic heterocycles. The maximum atomic E-state index is 11.5. The minimum atomic E-state index is -0.875. The van der Waals surface area contributed by atoms with Gasteiger partial charge in [-0.3, -0.25) is 14.5 Å². The summed E-state index contributed by atoms with van der Waals surface area (Å²) in [5, 5.41) is 11.9. The first-order valence-corrected chi connectivity index (χ1v) is 7.99. The number of carbonyl (C=O) groups excluding carboxylic acids is 1. The topological polar surface area (TPSA) is 78.9 Å². The lowest BCUT2D eigenvalue weighted by Crippen LogP contribution is -2.59. The lowest BCUT2D eigenvalue weighted by Gasteiger charge is -2.36. The molecule has 2 atom stereocenters. The van der Waals surface area contributed by atoms with E-state index >= 15 is 0 Å². The third kappa shape index (κ3) is 3.21. The van der Waals surface area contributed by atoms with Crippen LogP contribution in [0.1, 0.15) is 44.9 Å². The van der Waals surface area contributed by atoms with Gasteiger partial charge < -0.3 is 15.2 Å². The Balaban J connectivity index is 1.60. The predicted molar refractivity (Wildman–Crippen MR) is 75.9 cm³/mol. The van der Waals surface area contributed by atoms with E-state index in [0.29, 0.717) is 6.54 Å². The van der Waals surface area contributed by atoms with E-state index in [1.807, 2.05) is 0 Å². The second-order valence-electron chi connectivity index (χ2n) is 6.61. The fourth-order valence-corrected chi connectivity index (χ4v) is 3.97. The van der Waals surface area contributed by atoms with E-state index in [2.05, 4.69) is 5.32 Å². The summed E-state index contributed by atoms with van der Waals surface area (Å²) >= 11 is 0. The number of rotatable bonds is 3. The van der Waals surface area contributed by atoms with Crippen molar-refractivity contribution in [2.24, 2.45) is 0 Å². The summed E-state index contributed by atoms with van der Waals surface area (Å²) in [6, 6.07) is -0.630. The maximum absolute atomic E-state index is 11.5. The second kappa shape index (κ2) is 5.93. The minimum Gasteiger partial charge on any atom is -0.480 e. The summed E-state index contributed by atoms with van der Waals surface area (Å²) in [6.45, 7) is 0.891. The summed E-state index contributed by atoms with van der Waals surface area (Å²) in [5.41, 5.74) is 0.0414. The Labute approximate surface area is 124 Å². The largest absolute Gasteiger partial charge is 0.480 e. The standard InChI is InChI=1S/C15H24N2O4/c18-13-10-17(12(8-16-13)14(19)20)9-11-4-7-15(21-11)5-2-1-3-6-15/h11-12H,1-10H2,(H,16,18)(H,19,20). The molecule has 0 radical (unpaired) electrons. The number of ether oxygens (including phenoxy) is 1. The molecule has 3 rings (SSSR count). The van der Waals surface area contributed by atoms with Crippen molar-refractivity contribution in [3.63, 3.8) is 0 Å². The van der Waals surface area contributed by atoms with Crippen molar-refractivity contribution in [1.82, 2.24) is 10.2 Å². The first-order chi connectivity index (χ1) is 10.1. The number of nitrogens with zero attached hydrogens (tertiary/aromatic N) is 1. The van der Waals surface area contributed by atoms with Gasteiger partial charge in [0.25, 0.3) is 0 Å². The number of piperazine rings is 1. The van der Waals surface area contributed by atoms with Gasteiger partial charge in [0.2, 0.25) is 5.91 Å². The highest BCUT2D eigenvalue weighted by Gasteiger charge is 2.42. The number of carbonyl (C=O) groups is 2. The molecule has 0 aromatic carbocycles. The lowest BCUT2D eigenvalue weighted by molar-refractivity contribution is -0.147. The van der Waals surface area contributed by atoms with Gasteiger partial charge in [0, 0.05) is 13.1 Å². The SMILES string of the molecule is O=C1CN(CC2CCC3(CCCCC3)O2)C(C(=O)O)CN1. The van der Waals surface area contributed by atoms with Gasteiger partial charge in [-0.1, -0.05) is 19.3 Å². The van der Waals surface area contributed by atoms with Crippen molar-refractivity contribution in [2.75, 3.05) is 19.6 Å². The summed E-state index contributed by atoms with van der Waals surface area (Å²) in [6.07, 6.45) is 8.14. The van der Waals surface area contributed by atoms with Crippen LogP contribution in [-0.2, 0) is 14.3 Å². The van der Waals surface area contributed by atoms with Crippen LogP contribution in [-0.4, -0.2) is 59.3 Å². The van der Waals surface area contributed by atoms with E-state index < -0.39 is 12.0 Å². The van der Waals surface area contributed by atoms with Crippen LogP contribution < -0.4 is 5.32 Å². The second-order valence-corrected chi connectivity index (χ2v) is 6.61. The van der Waals surface area contributed by atoms with Crippen LogP contribution in [0.4, 0.5) is 0 Å². The maximum Gasteiger partial charge on any atom is 0.322 e. The minimum absolute atomic E-state index is 0.0414. The molecule has 2 N–H and O–H groups in total. The van der Waals surface area contributed by atoms with Crippen molar-refractivity contribution < 1.29 is 19.4 Å². The molecular formula is C15H24N2O4. The van der Waals surface area contributed by atoms with Crippen LogP contribution in [0, 0.1) is 0 Å². The molecule has 1 amide bonds. The average molecular weight is 296 g/mol. The van der Waals surface area contributed by atoms with Crippen LogP contribution in [0.5, 0.6) is 0 Å². The quantitative estimate of drug-likeness (QED) is 0.803. The Bertz CT molecular complexity index is 420. The number of aliphatic carboxylic acids is 1. The van der Waals surface area contributed by atoms with E-state index in [0.717, 1.165) is 25.7 Å². The third-order valence-electron chi connectivity index (χ3n) is 5.11. The highest BCUT2D eigenvalue weighted by Crippen LogP contribution is 2.42. The van der Waals surface area contributed by atoms with Gasteiger partial charge in [0.15, 0.2) is 0 Å². The highest BCUT2D eigenvalue weighted by molar-refractivity contribution is 5.83. The van der Waals surface area contributed by atoms with Gasteiger partial charge in [0.1, 0.15) is 6.04 Å². The Morgan fingerprint density at radius 1 is 1.33 bits per heavy atom. The third-order valence-corrected chi connectivity index (χ3v) is 5.11. The van der Waals surface area contributed by atoms with Crippen molar-refractivity contribution in [2.45, 2.75) is 62.7 Å². The zero-order valence-corrected chi connectivity index (χ0v) is 12.3. The van der Waals surface area contributed by atoms with E-state index in [4.69, 9.17) is 4.74 Å². The molecule has 3 aliphatic rings. The Hall–Kier alpha value is -1.14. The molecule has 2 heterocycles. The first-order valence-electron chi connectivity index (χ1n) is 7.99. The van der Waals surface area contributed by atoms with Crippen molar-refractivity contribution in [3.8, 4) is 0 Å². The van der Waals surface area contributed by atoms with E-state index in [1.165, 1.54) is 19.3 Å². The molecule has 6 heteroatoms. The molecular weight excluding hydrogens is 272 g/mol. The zero-order chi connectivity index (χ0) is 14.9. The fourth-order valence-electron chi connectivity index (χ4n) is 3.97. The Kier molecular flexibility index (Phi) is 4.17. The number of hydrogen-bond acceptors (Lipinski definition) is 4. The Morgan fingerprint density at radius 3 is 2.81 bits per heavy atom. The summed E-state index contributed by atoms with van der Waals surface area (Å²) in [7, 11) is 0. The molecule has 118 valence electrons. The van der Waals surface area contributed by atoms with E-state index in [1.54, 1.807) is 4.90 Å². The van der Waals surface area contributed by atoms with E-state index in [9.17, 15) is 14.7 Å². The molecule has 6 nitrogen and oxygen atoms in total. The number of carboxylic acids is 1. The van der Waals surface area contributed by atoms with Gasteiger partial charge in [-0.05, 0) is 25.7 Å². The zero-order valence-electron chi connectivity index (χ0n) is 12.3. The summed E-state index contributed by atoms with van der Waals surface area (Å²) < 4.78 is 6.29. The molecule has 0 aromatic rings. The molecule has 21 heavy (non-hydrogen) atoms. The molecule has 1 aliphatic carbocycles. The summed E-state index contributed by atoms with van der Waals surface area (Å²) in [5.74, 6) is -0.974. The number of hydrogen-bond donors (Lipinski definition) is 2. The van der Waals surface area contributed by atoms with Crippen LogP contribution in [0.15, 0.2) is 0 Å². The van der Waals surface area contributed by atoms with E-state index in [-0.39, 0.29) is 30.7 Å². The number of nitrogens with one attached hydrogen (secondary N) is 1. The van der Waals surface area contributed by atoms with Crippen LogP contribution in [0.25, 0.3) is 0 Å². The van der Waals surface area contributed by atoms with Gasteiger partial charge in [-0.2, -0.15) is 0 Å². The normalized spacial score (nSPS) is 33.0. The smallest absolute Gasteiger partial charge is 0.322 e. The predicted octanol–water partition coefficient (Wildman–Crippen LogP) is 0.753.